The zero-order valence-electron chi connectivity index (χ0n) is 22.7. The standard InChI is InChI=1S/C32H29FN2O6/c1-18-17-25(19(2)41-18)30(36)27-26(20-9-15-24(40-3)16-10-20)29(31(37)38)35(28(27)21-7-5-4-6-8-21)32(39)34-23-13-11-22(33)12-14-23/h4-17,26-29H,1-3H3,(H,34,39)(H,37,38). The number of Topliss-reactive ketones (excluding diaryl/α,β-unsaturated/α-hetero) is 1. The predicted octanol–water partition coefficient (Wildman–Crippen LogP) is 6.37. The first-order valence-corrected chi connectivity index (χ1v) is 13.1. The van der Waals surface area contributed by atoms with Crippen molar-refractivity contribution in [2.45, 2.75) is 31.8 Å². The van der Waals surface area contributed by atoms with E-state index >= 15 is 0 Å². The summed E-state index contributed by atoms with van der Waals surface area (Å²) >= 11 is 0. The van der Waals surface area contributed by atoms with Gasteiger partial charge in [0, 0.05) is 11.6 Å². The number of amides is 2. The maximum atomic E-state index is 14.4. The molecule has 0 saturated carbocycles. The number of halogens is 1. The Bertz CT molecular complexity index is 1570. The minimum Gasteiger partial charge on any atom is -0.497 e. The van der Waals surface area contributed by atoms with Crippen LogP contribution in [0, 0.1) is 25.6 Å². The van der Waals surface area contributed by atoms with Gasteiger partial charge in [-0.25, -0.2) is 14.0 Å². The zero-order chi connectivity index (χ0) is 29.3. The number of anilines is 1. The van der Waals surface area contributed by atoms with Crippen LogP contribution in [0.25, 0.3) is 0 Å². The summed E-state index contributed by atoms with van der Waals surface area (Å²) in [5, 5.41) is 13.3. The summed E-state index contributed by atoms with van der Waals surface area (Å²) in [7, 11) is 1.52. The highest BCUT2D eigenvalue weighted by Gasteiger charge is 2.58. The third-order valence-corrected chi connectivity index (χ3v) is 7.50. The van der Waals surface area contributed by atoms with E-state index in [1.54, 1.807) is 74.5 Å². The van der Waals surface area contributed by atoms with E-state index in [1.165, 1.54) is 36.3 Å². The van der Waals surface area contributed by atoms with Crippen LogP contribution in [-0.2, 0) is 4.79 Å². The molecule has 4 unspecified atom stereocenters. The lowest BCUT2D eigenvalue weighted by atomic mass is 9.76. The van der Waals surface area contributed by atoms with Crippen molar-refractivity contribution in [3.8, 4) is 5.75 Å². The third kappa shape index (κ3) is 5.30. The molecule has 0 bridgehead atoms. The van der Waals surface area contributed by atoms with Gasteiger partial charge in [-0.3, -0.25) is 4.79 Å². The van der Waals surface area contributed by atoms with Crippen molar-refractivity contribution in [3.63, 3.8) is 0 Å². The van der Waals surface area contributed by atoms with Gasteiger partial charge in [0.1, 0.15) is 29.1 Å². The Morgan fingerprint density at radius 3 is 2.15 bits per heavy atom. The number of furan rings is 1. The van der Waals surface area contributed by atoms with E-state index in [9.17, 15) is 23.9 Å². The molecule has 5 rings (SSSR count). The lowest BCUT2D eigenvalue weighted by Crippen LogP contribution is -2.45. The van der Waals surface area contributed by atoms with E-state index in [1.807, 2.05) is 0 Å². The van der Waals surface area contributed by atoms with Gasteiger partial charge in [0.05, 0.1) is 24.6 Å². The molecular weight excluding hydrogens is 527 g/mol. The summed E-state index contributed by atoms with van der Waals surface area (Å²) in [6, 6.07) is 19.4. The number of hydrogen-bond acceptors (Lipinski definition) is 5. The van der Waals surface area contributed by atoms with Crippen LogP contribution in [0.4, 0.5) is 14.9 Å². The molecule has 2 heterocycles. The van der Waals surface area contributed by atoms with Gasteiger partial charge in [-0.05, 0) is 67.4 Å². The maximum absolute atomic E-state index is 14.4. The fourth-order valence-electron chi connectivity index (χ4n) is 5.75. The van der Waals surface area contributed by atoms with Crippen molar-refractivity contribution >= 4 is 23.5 Å². The van der Waals surface area contributed by atoms with Crippen molar-refractivity contribution in [2.24, 2.45) is 5.92 Å². The van der Waals surface area contributed by atoms with Crippen molar-refractivity contribution in [3.05, 3.63) is 119 Å². The van der Waals surface area contributed by atoms with Gasteiger partial charge in [0.25, 0.3) is 0 Å². The molecule has 3 aromatic carbocycles. The molecule has 8 nitrogen and oxygen atoms in total. The molecule has 210 valence electrons. The number of carbonyl (C=O) groups excluding carboxylic acids is 2. The first-order chi connectivity index (χ1) is 19.7. The molecule has 1 saturated heterocycles. The highest BCUT2D eigenvalue weighted by molar-refractivity contribution is 6.03. The number of aryl methyl sites for hydroxylation is 2. The molecule has 1 aliphatic rings. The lowest BCUT2D eigenvalue weighted by Gasteiger charge is -2.30. The molecule has 0 aliphatic carbocycles. The van der Waals surface area contributed by atoms with E-state index in [2.05, 4.69) is 5.32 Å². The largest absolute Gasteiger partial charge is 0.497 e. The molecule has 0 radical (unpaired) electrons. The average molecular weight is 557 g/mol. The number of carboxylic acid groups (broad SMARTS) is 1. The molecular formula is C32H29FN2O6. The van der Waals surface area contributed by atoms with Crippen LogP contribution in [0.1, 0.15) is 45.0 Å². The molecule has 2 N–H and O–H groups in total. The summed E-state index contributed by atoms with van der Waals surface area (Å²) in [5.74, 6) is -2.48. The van der Waals surface area contributed by atoms with Crippen molar-refractivity contribution in [1.82, 2.24) is 4.90 Å². The molecule has 2 amide bonds. The highest BCUT2D eigenvalue weighted by atomic mass is 19.1. The van der Waals surface area contributed by atoms with E-state index in [0.29, 0.717) is 34.0 Å². The number of nitrogens with one attached hydrogen (secondary N) is 1. The summed E-state index contributed by atoms with van der Waals surface area (Å²) in [6.07, 6.45) is 0. The fraction of sp³-hybridized carbons (Fsp3) is 0.219. The monoisotopic (exact) mass is 556 g/mol. The maximum Gasteiger partial charge on any atom is 0.327 e. The molecule has 9 heteroatoms. The van der Waals surface area contributed by atoms with Crippen LogP contribution in [0.5, 0.6) is 5.75 Å². The highest BCUT2D eigenvalue weighted by Crippen LogP contribution is 2.52. The molecule has 41 heavy (non-hydrogen) atoms. The van der Waals surface area contributed by atoms with E-state index in [-0.39, 0.29) is 11.5 Å². The van der Waals surface area contributed by atoms with Gasteiger partial charge in [-0.2, -0.15) is 0 Å². The van der Waals surface area contributed by atoms with Gasteiger partial charge < -0.3 is 24.5 Å². The molecule has 1 fully saturated rings. The number of methoxy groups -OCH3 is 1. The Labute approximate surface area is 236 Å². The third-order valence-electron chi connectivity index (χ3n) is 7.50. The summed E-state index contributed by atoms with van der Waals surface area (Å²) < 4.78 is 24.5. The molecule has 4 aromatic rings. The quantitative estimate of drug-likeness (QED) is 0.256. The predicted molar refractivity (Wildman–Crippen MR) is 150 cm³/mol. The second-order valence-electron chi connectivity index (χ2n) is 10.00. The Kier molecular flexibility index (Phi) is 7.61. The van der Waals surface area contributed by atoms with E-state index in [0.717, 1.165) is 0 Å². The number of ether oxygens (including phenoxy) is 1. The van der Waals surface area contributed by atoms with Crippen LogP contribution in [-0.4, -0.2) is 40.9 Å². The van der Waals surface area contributed by atoms with Gasteiger partial charge in [-0.15, -0.1) is 0 Å². The summed E-state index contributed by atoms with van der Waals surface area (Å²) in [5.41, 5.74) is 1.77. The number of carboxylic acids is 1. The number of carbonyl (C=O) groups is 3. The first-order valence-electron chi connectivity index (χ1n) is 13.1. The Balaban J connectivity index is 1.71. The topological polar surface area (TPSA) is 109 Å². The van der Waals surface area contributed by atoms with Crippen molar-refractivity contribution in [1.29, 1.82) is 0 Å². The minimum absolute atomic E-state index is 0.282. The SMILES string of the molecule is COc1ccc(C2C(C(=O)c3cc(C)oc3C)C(c3ccccc3)N(C(=O)Nc3ccc(F)cc3)C2C(=O)O)cc1. The molecule has 1 aromatic heterocycles. The number of benzene rings is 3. The number of urea groups is 1. The summed E-state index contributed by atoms with van der Waals surface area (Å²) in [6.45, 7) is 3.42. The zero-order valence-corrected chi connectivity index (χ0v) is 22.7. The Morgan fingerprint density at radius 2 is 1.59 bits per heavy atom. The molecule has 0 spiro atoms. The first kappa shape index (κ1) is 27.6. The number of nitrogens with zero attached hydrogens (tertiary/aromatic N) is 1. The molecule has 4 atom stereocenters. The fourth-order valence-corrected chi connectivity index (χ4v) is 5.75. The number of rotatable bonds is 7. The van der Waals surface area contributed by atoms with Crippen molar-refractivity contribution < 1.29 is 33.0 Å². The number of aliphatic carboxylic acids is 1. The van der Waals surface area contributed by atoms with Crippen LogP contribution in [0.15, 0.2) is 89.3 Å². The average Bonchev–Trinajstić information content (AvgIpc) is 3.51. The van der Waals surface area contributed by atoms with E-state index < -0.39 is 41.7 Å². The van der Waals surface area contributed by atoms with Crippen molar-refractivity contribution in [2.75, 3.05) is 12.4 Å². The molecule has 1 aliphatic heterocycles. The number of hydrogen-bond donors (Lipinski definition) is 2. The van der Waals surface area contributed by atoms with Gasteiger partial charge >= 0.3 is 12.0 Å². The van der Waals surface area contributed by atoms with E-state index in [4.69, 9.17) is 9.15 Å². The smallest absolute Gasteiger partial charge is 0.327 e. The summed E-state index contributed by atoms with van der Waals surface area (Å²) in [4.78, 5) is 42.7. The van der Waals surface area contributed by atoms with Gasteiger partial charge in [0.2, 0.25) is 0 Å². The number of ketones is 1. The van der Waals surface area contributed by atoms with Crippen LogP contribution >= 0.6 is 0 Å². The second-order valence-corrected chi connectivity index (χ2v) is 10.00. The second kappa shape index (κ2) is 11.3. The Hall–Kier alpha value is -4.92. The lowest BCUT2D eigenvalue weighted by molar-refractivity contribution is -0.142. The van der Waals surface area contributed by atoms with Crippen LogP contribution in [0.3, 0.4) is 0 Å². The van der Waals surface area contributed by atoms with Gasteiger partial charge in [-0.1, -0.05) is 42.5 Å². The minimum atomic E-state index is -1.42. The Morgan fingerprint density at radius 1 is 0.927 bits per heavy atom. The van der Waals surface area contributed by atoms with Gasteiger partial charge in [0.15, 0.2) is 5.78 Å². The number of likely N-dealkylation sites (tertiary alicyclic amines) is 1. The van der Waals surface area contributed by atoms with Crippen LogP contribution < -0.4 is 10.1 Å². The van der Waals surface area contributed by atoms with Crippen LogP contribution in [0.2, 0.25) is 0 Å². The normalized spacial score (nSPS) is 20.0.